The lowest BCUT2D eigenvalue weighted by molar-refractivity contribution is -0.126. The maximum atomic E-state index is 13.5. The molecule has 8 heteroatoms. The van der Waals surface area contributed by atoms with Crippen molar-refractivity contribution in [2.75, 3.05) is 9.96 Å². The second kappa shape index (κ2) is 7.51. The first kappa shape index (κ1) is 19.8. The summed E-state index contributed by atoms with van der Waals surface area (Å²) in [7, 11) is 0. The average Bonchev–Trinajstić information content (AvgIpc) is 3.31. The summed E-state index contributed by atoms with van der Waals surface area (Å²) in [5, 5.41) is 20.4. The molecule has 3 aromatic carbocycles. The van der Waals surface area contributed by atoms with E-state index in [2.05, 4.69) is 0 Å². The van der Waals surface area contributed by atoms with Crippen LogP contribution in [0, 0.1) is 5.92 Å². The molecule has 2 aliphatic rings. The molecule has 3 atom stereocenters. The molecule has 2 aliphatic heterocycles. The number of phenols is 1. The number of hydroxylamine groups is 1. The summed E-state index contributed by atoms with van der Waals surface area (Å²) < 4.78 is 0. The van der Waals surface area contributed by atoms with Crippen molar-refractivity contribution in [3.8, 4) is 5.75 Å². The Kier molecular flexibility index (Phi) is 4.64. The maximum Gasteiger partial charge on any atom is 0.335 e. The van der Waals surface area contributed by atoms with E-state index in [4.69, 9.17) is 9.94 Å². The Labute approximate surface area is 182 Å². The zero-order valence-corrected chi connectivity index (χ0v) is 16.7. The van der Waals surface area contributed by atoms with E-state index >= 15 is 0 Å². The van der Waals surface area contributed by atoms with Crippen LogP contribution < -0.4 is 9.96 Å². The van der Waals surface area contributed by atoms with Crippen LogP contribution in [0.4, 0.5) is 11.4 Å². The number of carboxylic acid groups (broad SMARTS) is 1. The smallest absolute Gasteiger partial charge is 0.335 e. The lowest BCUT2D eigenvalue weighted by Gasteiger charge is -2.28. The molecule has 2 N–H and O–H groups in total. The highest BCUT2D eigenvalue weighted by molar-refractivity contribution is 6.24. The van der Waals surface area contributed by atoms with Crippen LogP contribution in [-0.4, -0.2) is 34.1 Å². The molecule has 2 saturated heterocycles. The van der Waals surface area contributed by atoms with Crippen molar-refractivity contribution in [2.45, 2.75) is 12.1 Å². The number of aromatic hydroxyl groups is 1. The third kappa shape index (κ3) is 3.09. The first-order chi connectivity index (χ1) is 15.5. The van der Waals surface area contributed by atoms with Crippen molar-refractivity contribution in [3.63, 3.8) is 0 Å². The minimum absolute atomic E-state index is 0.0570. The third-order valence-corrected chi connectivity index (χ3v) is 5.73. The number of benzene rings is 3. The monoisotopic (exact) mass is 430 g/mol. The van der Waals surface area contributed by atoms with E-state index in [1.807, 2.05) is 30.3 Å². The number of carbonyl (C=O) groups is 3. The average molecular weight is 430 g/mol. The standard InChI is InChI=1S/C24H18N2O6/c27-18-12-8-14(9-13-18)20-19-21(32-26(20)17-4-2-1-3-5-17)23(29)25(22(19)28)16-10-6-15(7-11-16)24(30)31/h1-13,19-21,27H,(H,30,31)/t19-,20-,21+/m0/s1. The second-order valence-electron chi connectivity index (χ2n) is 7.61. The van der Waals surface area contributed by atoms with Crippen molar-refractivity contribution in [3.05, 3.63) is 90.0 Å². The van der Waals surface area contributed by atoms with Crippen LogP contribution in [0.1, 0.15) is 22.0 Å². The lowest BCUT2D eigenvalue weighted by Crippen LogP contribution is -2.37. The number of phenolic OH excluding ortho intramolecular Hbond substituents is 1. The fourth-order valence-corrected chi connectivity index (χ4v) is 4.23. The summed E-state index contributed by atoms with van der Waals surface area (Å²) in [5.74, 6) is -2.76. The van der Waals surface area contributed by atoms with E-state index in [1.165, 1.54) is 36.4 Å². The summed E-state index contributed by atoms with van der Waals surface area (Å²) in [4.78, 5) is 44.9. The van der Waals surface area contributed by atoms with Gasteiger partial charge in [-0.25, -0.2) is 14.8 Å². The highest BCUT2D eigenvalue weighted by Gasteiger charge is 2.60. The predicted octanol–water partition coefficient (Wildman–Crippen LogP) is 3.14. The normalized spacial score (nSPS) is 22.3. The molecule has 2 amide bonds. The summed E-state index contributed by atoms with van der Waals surface area (Å²) in [6, 6.07) is 20.6. The molecule has 0 saturated carbocycles. The van der Waals surface area contributed by atoms with Crippen molar-refractivity contribution < 1.29 is 29.4 Å². The van der Waals surface area contributed by atoms with E-state index in [-0.39, 0.29) is 11.3 Å². The quantitative estimate of drug-likeness (QED) is 0.613. The second-order valence-corrected chi connectivity index (χ2v) is 7.61. The highest BCUT2D eigenvalue weighted by Crippen LogP contribution is 2.47. The lowest BCUT2D eigenvalue weighted by atomic mass is 9.90. The van der Waals surface area contributed by atoms with E-state index in [0.29, 0.717) is 16.9 Å². The maximum absolute atomic E-state index is 13.5. The number of para-hydroxylation sites is 1. The minimum Gasteiger partial charge on any atom is -0.508 e. The highest BCUT2D eigenvalue weighted by atomic mass is 16.7. The van der Waals surface area contributed by atoms with Gasteiger partial charge in [-0.05, 0) is 54.1 Å². The van der Waals surface area contributed by atoms with Crippen LogP contribution in [0.5, 0.6) is 5.75 Å². The molecule has 2 fully saturated rings. The fraction of sp³-hybridized carbons (Fsp3) is 0.125. The Bertz CT molecular complexity index is 1190. The van der Waals surface area contributed by atoms with Gasteiger partial charge in [-0.3, -0.25) is 14.4 Å². The molecule has 0 radical (unpaired) electrons. The van der Waals surface area contributed by atoms with Gasteiger partial charge in [0.05, 0.1) is 23.0 Å². The Morgan fingerprint density at radius 1 is 0.812 bits per heavy atom. The van der Waals surface area contributed by atoms with Gasteiger partial charge in [0.15, 0.2) is 6.10 Å². The van der Waals surface area contributed by atoms with E-state index in [9.17, 15) is 19.5 Å². The van der Waals surface area contributed by atoms with Gasteiger partial charge in [-0.15, -0.1) is 0 Å². The number of carboxylic acids is 1. The number of rotatable bonds is 4. The molecule has 0 aromatic heterocycles. The Morgan fingerprint density at radius 3 is 2.09 bits per heavy atom. The number of hydrogen-bond donors (Lipinski definition) is 2. The minimum atomic E-state index is -1.10. The van der Waals surface area contributed by atoms with Gasteiger partial charge in [-0.1, -0.05) is 30.3 Å². The van der Waals surface area contributed by atoms with Crippen molar-refractivity contribution in [1.82, 2.24) is 0 Å². The van der Waals surface area contributed by atoms with Gasteiger partial charge < -0.3 is 10.2 Å². The van der Waals surface area contributed by atoms with Crippen LogP contribution in [0.15, 0.2) is 78.9 Å². The fourth-order valence-electron chi connectivity index (χ4n) is 4.23. The van der Waals surface area contributed by atoms with Gasteiger partial charge >= 0.3 is 5.97 Å². The molecular formula is C24H18N2O6. The van der Waals surface area contributed by atoms with Gasteiger partial charge in [0.25, 0.3) is 5.91 Å². The first-order valence-corrected chi connectivity index (χ1v) is 9.97. The molecule has 3 aromatic rings. The SMILES string of the molecule is O=C(O)c1ccc(N2C(=O)[C@@H]3[C@@H](ON(c4ccccc4)[C@H]3c3ccc(O)cc3)C2=O)cc1. The molecule has 0 spiro atoms. The van der Waals surface area contributed by atoms with E-state index in [0.717, 1.165) is 4.90 Å². The van der Waals surface area contributed by atoms with Gasteiger partial charge in [0, 0.05) is 0 Å². The Hall–Kier alpha value is -4.17. The van der Waals surface area contributed by atoms with E-state index < -0.39 is 35.8 Å². The third-order valence-electron chi connectivity index (χ3n) is 5.73. The summed E-state index contributed by atoms with van der Waals surface area (Å²) in [6.45, 7) is 0. The zero-order chi connectivity index (χ0) is 22.4. The molecular weight excluding hydrogens is 412 g/mol. The zero-order valence-electron chi connectivity index (χ0n) is 16.7. The number of hydrogen-bond acceptors (Lipinski definition) is 6. The number of nitrogens with zero attached hydrogens (tertiary/aromatic N) is 2. The van der Waals surface area contributed by atoms with Crippen molar-refractivity contribution in [1.29, 1.82) is 0 Å². The summed E-state index contributed by atoms with van der Waals surface area (Å²) >= 11 is 0. The van der Waals surface area contributed by atoms with Crippen LogP contribution in [0.2, 0.25) is 0 Å². The molecule has 0 bridgehead atoms. The molecule has 2 heterocycles. The van der Waals surface area contributed by atoms with Crippen LogP contribution in [0.3, 0.4) is 0 Å². The van der Waals surface area contributed by atoms with Crippen molar-refractivity contribution >= 4 is 29.2 Å². The summed E-state index contributed by atoms with van der Waals surface area (Å²) in [5.41, 5.74) is 1.75. The molecule has 5 rings (SSSR count). The van der Waals surface area contributed by atoms with Gasteiger partial charge in [0.2, 0.25) is 5.91 Å². The number of amides is 2. The molecule has 8 nitrogen and oxygen atoms in total. The number of anilines is 2. The topological polar surface area (TPSA) is 107 Å². The van der Waals surface area contributed by atoms with Crippen molar-refractivity contribution in [2.24, 2.45) is 5.92 Å². The number of carbonyl (C=O) groups excluding carboxylic acids is 2. The largest absolute Gasteiger partial charge is 0.508 e. The molecule has 0 aliphatic carbocycles. The molecule has 32 heavy (non-hydrogen) atoms. The molecule has 0 unspecified atom stereocenters. The number of imide groups is 1. The van der Waals surface area contributed by atoms with Gasteiger partial charge in [0.1, 0.15) is 11.7 Å². The van der Waals surface area contributed by atoms with E-state index in [1.54, 1.807) is 17.2 Å². The number of fused-ring (bicyclic) bond motifs is 1. The predicted molar refractivity (Wildman–Crippen MR) is 114 cm³/mol. The number of aromatic carboxylic acids is 1. The van der Waals surface area contributed by atoms with Crippen LogP contribution in [-0.2, 0) is 14.4 Å². The van der Waals surface area contributed by atoms with Gasteiger partial charge in [-0.2, -0.15) is 0 Å². The Morgan fingerprint density at radius 2 is 1.47 bits per heavy atom. The first-order valence-electron chi connectivity index (χ1n) is 9.97. The van der Waals surface area contributed by atoms with Crippen LogP contribution >= 0.6 is 0 Å². The van der Waals surface area contributed by atoms with Crippen LogP contribution in [0.25, 0.3) is 0 Å². The molecule has 160 valence electrons. The summed E-state index contributed by atoms with van der Waals surface area (Å²) in [6.07, 6.45) is -1.03. The Balaban J connectivity index is 1.55.